The average molecular weight is 302 g/mol. The SMILES string of the molecule is CCCOCc1noc(-c2c(Cl)ccc(Cl)c2N)n1. The fraction of sp³-hybridized carbons (Fsp3) is 0.333. The molecule has 0 atom stereocenters. The number of nitrogen functional groups attached to an aromatic ring is 1. The van der Waals surface area contributed by atoms with E-state index in [-0.39, 0.29) is 12.5 Å². The minimum atomic E-state index is 0.236. The van der Waals surface area contributed by atoms with Crippen molar-refractivity contribution in [2.75, 3.05) is 12.3 Å². The average Bonchev–Trinajstić information content (AvgIpc) is 2.83. The maximum absolute atomic E-state index is 6.07. The molecule has 0 amide bonds. The van der Waals surface area contributed by atoms with Crippen molar-refractivity contribution in [3.8, 4) is 11.5 Å². The van der Waals surface area contributed by atoms with Crippen LogP contribution in [-0.4, -0.2) is 16.7 Å². The van der Waals surface area contributed by atoms with E-state index in [1.54, 1.807) is 12.1 Å². The zero-order valence-electron chi connectivity index (χ0n) is 10.3. The molecule has 1 aromatic carbocycles. The lowest BCUT2D eigenvalue weighted by Gasteiger charge is -2.04. The first kappa shape index (κ1) is 14.1. The lowest BCUT2D eigenvalue weighted by atomic mass is 10.2. The summed E-state index contributed by atoms with van der Waals surface area (Å²) in [5.41, 5.74) is 6.64. The largest absolute Gasteiger partial charge is 0.397 e. The summed E-state index contributed by atoms with van der Waals surface area (Å²) in [6.45, 7) is 2.95. The molecule has 0 unspecified atom stereocenters. The minimum Gasteiger partial charge on any atom is -0.397 e. The predicted octanol–water partition coefficient (Wildman–Crippen LogP) is 3.55. The zero-order valence-corrected chi connectivity index (χ0v) is 11.8. The van der Waals surface area contributed by atoms with Crippen molar-refractivity contribution in [3.05, 3.63) is 28.0 Å². The third-order valence-electron chi connectivity index (χ3n) is 2.40. The number of hydrogen-bond acceptors (Lipinski definition) is 5. The quantitative estimate of drug-likeness (QED) is 0.675. The molecule has 1 aromatic heterocycles. The van der Waals surface area contributed by atoms with Gasteiger partial charge in [0, 0.05) is 6.61 Å². The van der Waals surface area contributed by atoms with Crippen molar-refractivity contribution in [2.24, 2.45) is 0 Å². The monoisotopic (exact) mass is 301 g/mol. The number of benzene rings is 1. The van der Waals surface area contributed by atoms with Gasteiger partial charge in [0.05, 0.1) is 21.3 Å². The van der Waals surface area contributed by atoms with E-state index in [1.165, 1.54) is 0 Å². The van der Waals surface area contributed by atoms with Gasteiger partial charge in [0.1, 0.15) is 6.61 Å². The van der Waals surface area contributed by atoms with Crippen molar-refractivity contribution >= 4 is 28.9 Å². The Labute approximate surface area is 120 Å². The summed E-state index contributed by atoms with van der Waals surface area (Å²) < 4.78 is 10.5. The van der Waals surface area contributed by atoms with E-state index < -0.39 is 0 Å². The van der Waals surface area contributed by atoms with Crippen LogP contribution in [0.2, 0.25) is 10.0 Å². The van der Waals surface area contributed by atoms with Crippen molar-refractivity contribution in [1.29, 1.82) is 0 Å². The molecule has 5 nitrogen and oxygen atoms in total. The maximum atomic E-state index is 6.07. The molecule has 0 saturated heterocycles. The van der Waals surface area contributed by atoms with Crippen molar-refractivity contribution in [2.45, 2.75) is 20.0 Å². The fourth-order valence-corrected chi connectivity index (χ4v) is 1.91. The molecular formula is C12H13Cl2N3O2. The highest BCUT2D eigenvalue weighted by atomic mass is 35.5. The summed E-state index contributed by atoms with van der Waals surface area (Å²) in [5, 5.41) is 4.61. The highest BCUT2D eigenvalue weighted by Crippen LogP contribution is 2.36. The van der Waals surface area contributed by atoms with E-state index in [9.17, 15) is 0 Å². The van der Waals surface area contributed by atoms with Gasteiger partial charge in [-0.25, -0.2) is 0 Å². The molecule has 19 heavy (non-hydrogen) atoms. The molecule has 0 aliphatic rings. The first-order chi connectivity index (χ1) is 9.13. The van der Waals surface area contributed by atoms with Gasteiger partial charge in [-0.05, 0) is 18.6 Å². The summed E-state index contributed by atoms with van der Waals surface area (Å²) in [5.74, 6) is 0.680. The number of nitrogens with zero attached hydrogens (tertiary/aromatic N) is 2. The molecule has 0 bridgehead atoms. The summed E-state index contributed by atoms with van der Waals surface area (Å²) in [6, 6.07) is 3.25. The Morgan fingerprint density at radius 2 is 2.05 bits per heavy atom. The summed E-state index contributed by atoms with van der Waals surface area (Å²) >= 11 is 12.0. The molecule has 102 valence electrons. The standard InChI is InChI=1S/C12H13Cl2N3O2/c1-2-5-18-6-9-16-12(19-17-9)10-7(13)3-4-8(14)11(10)15/h3-4H,2,5-6,15H2,1H3. The van der Waals surface area contributed by atoms with E-state index in [4.69, 9.17) is 38.2 Å². The molecule has 0 saturated carbocycles. The topological polar surface area (TPSA) is 74.2 Å². The third-order valence-corrected chi connectivity index (χ3v) is 3.05. The molecular weight excluding hydrogens is 289 g/mol. The number of nitrogens with two attached hydrogens (primary N) is 1. The van der Waals surface area contributed by atoms with Crippen LogP contribution in [0.15, 0.2) is 16.7 Å². The van der Waals surface area contributed by atoms with Crippen LogP contribution in [0.5, 0.6) is 0 Å². The smallest absolute Gasteiger partial charge is 0.261 e. The minimum absolute atomic E-state index is 0.236. The molecule has 0 fully saturated rings. The van der Waals surface area contributed by atoms with Gasteiger partial charge >= 0.3 is 0 Å². The highest BCUT2D eigenvalue weighted by Gasteiger charge is 2.17. The van der Waals surface area contributed by atoms with Crippen LogP contribution in [-0.2, 0) is 11.3 Å². The van der Waals surface area contributed by atoms with E-state index in [0.717, 1.165) is 6.42 Å². The fourth-order valence-electron chi connectivity index (χ4n) is 1.51. The normalized spacial score (nSPS) is 10.9. The Morgan fingerprint density at radius 1 is 1.32 bits per heavy atom. The van der Waals surface area contributed by atoms with E-state index in [0.29, 0.717) is 33.7 Å². The van der Waals surface area contributed by atoms with Crippen molar-refractivity contribution < 1.29 is 9.26 Å². The van der Waals surface area contributed by atoms with Crippen LogP contribution in [0.4, 0.5) is 5.69 Å². The van der Waals surface area contributed by atoms with Gasteiger partial charge in [0.25, 0.3) is 5.89 Å². The number of anilines is 1. The van der Waals surface area contributed by atoms with Crippen LogP contribution >= 0.6 is 23.2 Å². The van der Waals surface area contributed by atoms with E-state index in [1.807, 2.05) is 6.92 Å². The Balaban J connectivity index is 2.25. The van der Waals surface area contributed by atoms with Crippen LogP contribution in [0.25, 0.3) is 11.5 Å². The molecule has 0 aliphatic carbocycles. The molecule has 1 heterocycles. The first-order valence-electron chi connectivity index (χ1n) is 5.77. The van der Waals surface area contributed by atoms with Crippen LogP contribution < -0.4 is 5.73 Å². The van der Waals surface area contributed by atoms with Crippen LogP contribution in [0.1, 0.15) is 19.2 Å². The predicted molar refractivity (Wildman–Crippen MR) is 74.1 cm³/mol. The van der Waals surface area contributed by atoms with Crippen molar-refractivity contribution in [3.63, 3.8) is 0 Å². The van der Waals surface area contributed by atoms with Gasteiger partial charge in [-0.1, -0.05) is 35.3 Å². The Kier molecular flexibility index (Phi) is 4.63. The molecule has 2 N–H and O–H groups in total. The molecule has 7 heteroatoms. The van der Waals surface area contributed by atoms with Crippen LogP contribution in [0.3, 0.4) is 0 Å². The molecule has 2 aromatic rings. The van der Waals surface area contributed by atoms with Crippen molar-refractivity contribution in [1.82, 2.24) is 10.1 Å². The number of hydrogen-bond donors (Lipinski definition) is 1. The molecule has 2 rings (SSSR count). The molecule has 0 spiro atoms. The van der Waals surface area contributed by atoms with Gasteiger partial charge in [-0.15, -0.1) is 0 Å². The lowest BCUT2D eigenvalue weighted by molar-refractivity contribution is 0.114. The summed E-state index contributed by atoms with van der Waals surface area (Å²) in [6.07, 6.45) is 0.928. The maximum Gasteiger partial charge on any atom is 0.261 e. The van der Waals surface area contributed by atoms with E-state index in [2.05, 4.69) is 10.1 Å². The number of rotatable bonds is 5. The second-order valence-corrected chi connectivity index (χ2v) is 4.70. The first-order valence-corrected chi connectivity index (χ1v) is 6.53. The molecule has 0 aliphatic heterocycles. The number of aromatic nitrogens is 2. The van der Waals surface area contributed by atoms with Gasteiger partial charge in [-0.3, -0.25) is 0 Å². The highest BCUT2D eigenvalue weighted by molar-refractivity contribution is 6.37. The number of halogens is 2. The Hall–Kier alpha value is -1.30. The van der Waals surface area contributed by atoms with E-state index >= 15 is 0 Å². The Bertz CT molecular complexity index is 572. The lowest BCUT2D eigenvalue weighted by Crippen LogP contribution is -1.96. The van der Waals surface area contributed by atoms with Gasteiger partial charge < -0.3 is 15.0 Å². The molecule has 0 radical (unpaired) electrons. The summed E-state index contributed by atoms with van der Waals surface area (Å²) in [7, 11) is 0. The summed E-state index contributed by atoms with van der Waals surface area (Å²) in [4.78, 5) is 4.19. The van der Waals surface area contributed by atoms with Gasteiger partial charge in [0.15, 0.2) is 5.82 Å². The van der Waals surface area contributed by atoms with Crippen LogP contribution in [0, 0.1) is 0 Å². The van der Waals surface area contributed by atoms with Gasteiger partial charge in [-0.2, -0.15) is 4.98 Å². The zero-order chi connectivity index (χ0) is 13.8. The number of ether oxygens (including phenoxy) is 1. The Morgan fingerprint density at radius 3 is 2.79 bits per heavy atom. The third kappa shape index (κ3) is 3.18. The van der Waals surface area contributed by atoms with Gasteiger partial charge in [0.2, 0.25) is 0 Å². The second kappa shape index (κ2) is 6.23. The second-order valence-electron chi connectivity index (χ2n) is 3.89.